The maximum atomic E-state index is 5.50. The number of hydrogen-bond acceptors (Lipinski definition) is 3. The van der Waals surface area contributed by atoms with Crippen LogP contribution in [0.3, 0.4) is 0 Å². The summed E-state index contributed by atoms with van der Waals surface area (Å²) in [4.78, 5) is 0. The molecule has 0 amide bonds. The zero-order chi connectivity index (χ0) is 11.8. The maximum absolute atomic E-state index is 5.50. The average molecular weight is 229 g/mol. The Morgan fingerprint density at radius 3 is 2.44 bits per heavy atom. The van der Waals surface area contributed by atoms with E-state index in [2.05, 4.69) is 12.2 Å². The van der Waals surface area contributed by atoms with Crippen molar-refractivity contribution in [2.24, 2.45) is 5.92 Å². The van der Waals surface area contributed by atoms with Gasteiger partial charge in [-0.25, -0.2) is 0 Å². The fourth-order valence-electron chi connectivity index (χ4n) is 2.16. The normalized spacial score (nSPS) is 24.0. The number of nitrogens with one attached hydrogen (secondary N) is 1. The Morgan fingerprint density at radius 1 is 1.19 bits per heavy atom. The molecule has 1 rings (SSSR count). The summed E-state index contributed by atoms with van der Waals surface area (Å²) in [6.07, 6.45) is 4.98. The van der Waals surface area contributed by atoms with E-state index in [1.54, 1.807) is 0 Å². The molecule has 0 spiro atoms. The molecule has 0 aliphatic heterocycles. The Kier molecular flexibility index (Phi) is 7.01. The van der Waals surface area contributed by atoms with E-state index in [-0.39, 0.29) is 6.29 Å². The zero-order valence-electron chi connectivity index (χ0n) is 11.0. The van der Waals surface area contributed by atoms with Crippen LogP contribution in [0.1, 0.15) is 46.5 Å². The molecular formula is C13H27NO2. The van der Waals surface area contributed by atoms with Gasteiger partial charge < -0.3 is 14.8 Å². The molecule has 0 aromatic carbocycles. The van der Waals surface area contributed by atoms with Crippen LogP contribution in [0, 0.1) is 5.92 Å². The van der Waals surface area contributed by atoms with Crippen molar-refractivity contribution in [3.63, 3.8) is 0 Å². The largest absolute Gasteiger partial charge is 0.353 e. The average Bonchev–Trinajstić information content (AvgIpc) is 2.98. The molecule has 16 heavy (non-hydrogen) atoms. The lowest BCUT2D eigenvalue weighted by atomic mass is 10.2. The van der Waals surface area contributed by atoms with Crippen LogP contribution in [0.5, 0.6) is 0 Å². The van der Waals surface area contributed by atoms with Crippen molar-refractivity contribution in [2.45, 2.75) is 58.8 Å². The second-order valence-corrected chi connectivity index (χ2v) is 4.47. The molecule has 1 aliphatic carbocycles. The molecule has 1 aliphatic rings. The number of ether oxygens (including phenoxy) is 2. The van der Waals surface area contributed by atoms with E-state index >= 15 is 0 Å². The van der Waals surface area contributed by atoms with Crippen LogP contribution in [0.2, 0.25) is 0 Å². The van der Waals surface area contributed by atoms with Gasteiger partial charge in [0.1, 0.15) is 0 Å². The third-order valence-corrected chi connectivity index (χ3v) is 3.07. The summed E-state index contributed by atoms with van der Waals surface area (Å²) < 4.78 is 11.0. The molecule has 0 heterocycles. The highest BCUT2D eigenvalue weighted by Gasteiger charge is 2.35. The van der Waals surface area contributed by atoms with E-state index in [9.17, 15) is 0 Å². The summed E-state index contributed by atoms with van der Waals surface area (Å²) in [5.41, 5.74) is 0. The van der Waals surface area contributed by atoms with Crippen molar-refractivity contribution < 1.29 is 9.47 Å². The third-order valence-electron chi connectivity index (χ3n) is 3.07. The van der Waals surface area contributed by atoms with Crippen molar-refractivity contribution in [1.82, 2.24) is 5.32 Å². The Morgan fingerprint density at radius 2 is 1.88 bits per heavy atom. The molecule has 0 aromatic heterocycles. The molecule has 0 bridgehead atoms. The summed E-state index contributed by atoms with van der Waals surface area (Å²) in [6.45, 7) is 8.75. The minimum Gasteiger partial charge on any atom is -0.353 e. The summed E-state index contributed by atoms with van der Waals surface area (Å²) in [5, 5.41) is 3.58. The first kappa shape index (κ1) is 13.9. The van der Waals surface area contributed by atoms with Gasteiger partial charge in [-0.1, -0.05) is 13.3 Å². The Balaban J connectivity index is 2.00. The summed E-state index contributed by atoms with van der Waals surface area (Å²) >= 11 is 0. The van der Waals surface area contributed by atoms with Crippen LogP contribution in [-0.2, 0) is 9.47 Å². The highest BCUT2D eigenvalue weighted by molar-refractivity contribution is 4.92. The van der Waals surface area contributed by atoms with Gasteiger partial charge in [0, 0.05) is 32.2 Å². The van der Waals surface area contributed by atoms with Crippen LogP contribution in [0.4, 0.5) is 0 Å². The molecule has 96 valence electrons. The second-order valence-electron chi connectivity index (χ2n) is 4.47. The van der Waals surface area contributed by atoms with Gasteiger partial charge in [0.2, 0.25) is 0 Å². The molecule has 0 aromatic rings. The first-order chi connectivity index (χ1) is 7.81. The monoisotopic (exact) mass is 229 g/mol. The van der Waals surface area contributed by atoms with Crippen LogP contribution < -0.4 is 5.32 Å². The van der Waals surface area contributed by atoms with Gasteiger partial charge in [0.15, 0.2) is 6.29 Å². The predicted molar refractivity (Wildman–Crippen MR) is 66.5 cm³/mol. The van der Waals surface area contributed by atoms with Crippen LogP contribution in [0.15, 0.2) is 0 Å². The second kappa shape index (κ2) is 8.04. The molecule has 2 atom stereocenters. The Bertz CT molecular complexity index is 169. The summed E-state index contributed by atoms with van der Waals surface area (Å²) in [5.74, 6) is 0.933. The van der Waals surface area contributed by atoms with E-state index < -0.39 is 0 Å². The fourth-order valence-corrected chi connectivity index (χ4v) is 2.16. The van der Waals surface area contributed by atoms with Gasteiger partial charge in [0.25, 0.3) is 0 Å². The minimum absolute atomic E-state index is 0.0223. The minimum atomic E-state index is -0.0223. The molecular weight excluding hydrogens is 202 g/mol. The van der Waals surface area contributed by atoms with Gasteiger partial charge in [0.05, 0.1) is 0 Å². The van der Waals surface area contributed by atoms with Gasteiger partial charge in [-0.05, 0) is 32.6 Å². The Labute approximate surface area is 99.9 Å². The first-order valence-electron chi connectivity index (χ1n) is 6.78. The molecule has 0 saturated heterocycles. The van der Waals surface area contributed by atoms with Crippen molar-refractivity contribution in [2.75, 3.05) is 19.8 Å². The predicted octanol–water partition coefficient (Wildman–Crippen LogP) is 2.55. The van der Waals surface area contributed by atoms with Gasteiger partial charge in [-0.2, -0.15) is 0 Å². The standard InChI is InChI=1S/C13H27NO2/c1-4-7-11-10-12(11)14-9-8-13(15-5-2)16-6-3/h11-14H,4-10H2,1-3H3. The Hall–Kier alpha value is -0.120. The maximum Gasteiger partial charge on any atom is 0.158 e. The first-order valence-corrected chi connectivity index (χ1v) is 6.78. The highest BCUT2D eigenvalue weighted by Crippen LogP contribution is 2.34. The smallest absolute Gasteiger partial charge is 0.158 e. The molecule has 2 unspecified atom stereocenters. The molecule has 0 radical (unpaired) electrons. The molecule has 3 heteroatoms. The quantitative estimate of drug-likeness (QED) is 0.584. The summed E-state index contributed by atoms with van der Waals surface area (Å²) in [7, 11) is 0. The van der Waals surface area contributed by atoms with Crippen LogP contribution in [-0.4, -0.2) is 32.1 Å². The lowest BCUT2D eigenvalue weighted by Crippen LogP contribution is -2.26. The number of hydrogen-bond donors (Lipinski definition) is 1. The summed E-state index contributed by atoms with van der Waals surface area (Å²) in [6, 6.07) is 0.767. The molecule has 1 N–H and O–H groups in total. The van der Waals surface area contributed by atoms with Crippen molar-refractivity contribution in [3.8, 4) is 0 Å². The van der Waals surface area contributed by atoms with Crippen molar-refractivity contribution in [1.29, 1.82) is 0 Å². The molecule has 1 fully saturated rings. The van der Waals surface area contributed by atoms with E-state index in [4.69, 9.17) is 9.47 Å². The zero-order valence-corrected chi connectivity index (χ0v) is 11.0. The van der Waals surface area contributed by atoms with Gasteiger partial charge in [-0.15, -0.1) is 0 Å². The molecule has 3 nitrogen and oxygen atoms in total. The lowest BCUT2D eigenvalue weighted by Gasteiger charge is -2.17. The van der Waals surface area contributed by atoms with E-state index in [1.807, 2.05) is 13.8 Å². The SMILES string of the molecule is CCCC1CC1NCCC(OCC)OCC. The van der Waals surface area contributed by atoms with E-state index in [0.29, 0.717) is 0 Å². The van der Waals surface area contributed by atoms with Gasteiger partial charge in [-0.3, -0.25) is 0 Å². The van der Waals surface area contributed by atoms with E-state index in [0.717, 1.165) is 38.1 Å². The van der Waals surface area contributed by atoms with Crippen molar-refractivity contribution >= 4 is 0 Å². The fraction of sp³-hybridized carbons (Fsp3) is 1.00. The van der Waals surface area contributed by atoms with Crippen molar-refractivity contribution in [3.05, 3.63) is 0 Å². The van der Waals surface area contributed by atoms with Crippen LogP contribution >= 0.6 is 0 Å². The molecule has 1 saturated carbocycles. The van der Waals surface area contributed by atoms with Crippen LogP contribution in [0.25, 0.3) is 0 Å². The lowest BCUT2D eigenvalue weighted by molar-refractivity contribution is -0.138. The number of rotatable bonds is 10. The van der Waals surface area contributed by atoms with E-state index in [1.165, 1.54) is 19.3 Å². The van der Waals surface area contributed by atoms with Gasteiger partial charge >= 0.3 is 0 Å². The third kappa shape index (κ3) is 5.28. The highest BCUT2D eigenvalue weighted by atomic mass is 16.7. The topological polar surface area (TPSA) is 30.5 Å².